The number of nitrogens with one attached hydrogen (secondary N) is 1. The van der Waals surface area contributed by atoms with Gasteiger partial charge in [-0.2, -0.15) is 0 Å². The zero-order chi connectivity index (χ0) is 13.3. The third kappa shape index (κ3) is 2.57. The molecule has 1 N–H and O–H groups in total. The number of carbonyl (C=O) groups is 2. The lowest BCUT2D eigenvalue weighted by atomic mass is 10.0. The second-order valence-electron chi connectivity index (χ2n) is 5.52. The van der Waals surface area contributed by atoms with Crippen LogP contribution in [0.1, 0.15) is 40.0 Å². The predicted octanol–water partition coefficient (Wildman–Crippen LogP) is 1.47. The number of hydrogen-bond donors (Lipinski definition) is 1. The van der Waals surface area contributed by atoms with E-state index in [0.29, 0.717) is 18.9 Å². The molecule has 2 atom stereocenters. The normalized spacial score (nSPS) is 28.1. The Labute approximate surface area is 108 Å². The van der Waals surface area contributed by atoms with Crippen LogP contribution in [0, 0.1) is 5.92 Å². The lowest BCUT2D eigenvalue weighted by Gasteiger charge is -2.38. The molecule has 2 aliphatic rings. The summed E-state index contributed by atoms with van der Waals surface area (Å²) in [5.74, 6) is 0.478. The van der Waals surface area contributed by atoms with Crippen LogP contribution in [0.25, 0.3) is 0 Å². The number of piperazine rings is 1. The monoisotopic (exact) mass is 250 g/mol. The van der Waals surface area contributed by atoms with Gasteiger partial charge in [0, 0.05) is 6.54 Å². The van der Waals surface area contributed by atoms with Crippen molar-refractivity contribution in [1.29, 1.82) is 0 Å². The first kappa shape index (κ1) is 13.1. The third-order valence-corrected chi connectivity index (χ3v) is 3.70. The maximum atomic E-state index is 12.4. The summed E-state index contributed by atoms with van der Waals surface area (Å²) in [6.07, 6.45) is 4.81. The van der Waals surface area contributed by atoms with E-state index in [2.05, 4.69) is 5.32 Å². The Morgan fingerprint density at radius 2 is 2.06 bits per heavy atom. The highest BCUT2D eigenvalue weighted by Gasteiger charge is 2.45. The SMILES string of the molecule is CCC1C(=O)NC(C2CC2)C(=O)N1CC=C(C)C. The molecule has 2 unspecified atom stereocenters. The van der Waals surface area contributed by atoms with E-state index in [0.717, 1.165) is 12.8 Å². The Kier molecular flexibility index (Phi) is 3.73. The van der Waals surface area contributed by atoms with Crippen LogP contribution < -0.4 is 5.32 Å². The van der Waals surface area contributed by atoms with Crippen molar-refractivity contribution >= 4 is 11.8 Å². The van der Waals surface area contributed by atoms with Crippen LogP contribution in [0.4, 0.5) is 0 Å². The van der Waals surface area contributed by atoms with E-state index < -0.39 is 0 Å². The number of amides is 2. The molecule has 1 saturated carbocycles. The Bertz CT molecular complexity index is 381. The maximum Gasteiger partial charge on any atom is 0.246 e. The Morgan fingerprint density at radius 1 is 1.39 bits per heavy atom. The molecule has 18 heavy (non-hydrogen) atoms. The van der Waals surface area contributed by atoms with Crippen molar-refractivity contribution in [2.45, 2.75) is 52.1 Å². The fraction of sp³-hybridized carbons (Fsp3) is 0.714. The van der Waals surface area contributed by atoms with Crippen molar-refractivity contribution in [3.8, 4) is 0 Å². The van der Waals surface area contributed by atoms with Crippen molar-refractivity contribution in [3.05, 3.63) is 11.6 Å². The van der Waals surface area contributed by atoms with Gasteiger partial charge in [-0.3, -0.25) is 9.59 Å². The summed E-state index contributed by atoms with van der Waals surface area (Å²) in [6, 6.07) is -0.575. The van der Waals surface area contributed by atoms with Crippen molar-refractivity contribution in [3.63, 3.8) is 0 Å². The van der Waals surface area contributed by atoms with E-state index in [9.17, 15) is 9.59 Å². The molecule has 0 spiro atoms. The van der Waals surface area contributed by atoms with Gasteiger partial charge in [0.15, 0.2) is 0 Å². The smallest absolute Gasteiger partial charge is 0.246 e. The minimum atomic E-state index is -0.303. The van der Waals surface area contributed by atoms with Gasteiger partial charge in [0.2, 0.25) is 11.8 Å². The molecule has 2 fully saturated rings. The maximum absolute atomic E-state index is 12.4. The molecule has 1 aliphatic carbocycles. The average molecular weight is 250 g/mol. The van der Waals surface area contributed by atoms with Gasteiger partial charge in [0.25, 0.3) is 0 Å². The van der Waals surface area contributed by atoms with Crippen LogP contribution >= 0.6 is 0 Å². The molecule has 0 aromatic rings. The zero-order valence-electron chi connectivity index (χ0n) is 11.4. The second-order valence-corrected chi connectivity index (χ2v) is 5.52. The van der Waals surface area contributed by atoms with Crippen LogP contribution in [-0.2, 0) is 9.59 Å². The molecule has 100 valence electrons. The first-order chi connectivity index (χ1) is 8.54. The minimum Gasteiger partial charge on any atom is -0.342 e. The van der Waals surface area contributed by atoms with Crippen LogP contribution in [0.5, 0.6) is 0 Å². The zero-order valence-corrected chi connectivity index (χ0v) is 11.4. The number of hydrogen-bond acceptors (Lipinski definition) is 2. The summed E-state index contributed by atoms with van der Waals surface area (Å²) >= 11 is 0. The lowest BCUT2D eigenvalue weighted by Crippen LogP contribution is -2.63. The van der Waals surface area contributed by atoms with E-state index in [1.165, 1.54) is 5.57 Å². The molecular formula is C14H22N2O2. The molecular weight excluding hydrogens is 228 g/mol. The summed E-state index contributed by atoms with van der Waals surface area (Å²) in [5.41, 5.74) is 1.17. The average Bonchev–Trinajstić information content (AvgIpc) is 3.13. The van der Waals surface area contributed by atoms with E-state index in [1.54, 1.807) is 4.90 Å². The van der Waals surface area contributed by atoms with Crippen molar-refractivity contribution in [1.82, 2.24) is 10.2 Å². The van der Waals surface area contributed by atoms with Gasteiger partial charge < -0.3 is 10.2 Å². The summed E-state index contributed by atoms with van der Waals surface area (Å²) < 4.78 is 0. The fourth-order valence-electron chi connectivity index (χ4n) is 2.44. The summed E-state index contributed by atoms with van der Waals surface area (Å²) in [4.78, 5) is 26.2. The quantitative estimate of drug-likeness (QED) is 0.768. The Hall–Kier alpha value is -1.32. The minimum absolute atomic E-state index is 0.0103. The van der Waals surface area contributed by atoms with Crippen molar-refractivity contribution in [2.75, 3.05) is 6.54 Å². The number of nitrogens with zero attached hydrogens (tertiary/aromatic N) is 1. The standard InChI is InChI=1S/C14H22N2O2/c1-4-11-13(17)15-12(10-5-6-10)14(18)16(11)8-7-9(2)3/h7,10-12H,4-6,8H2,1-3H3,(H,15,17). The molecule has 0 bridgehead atoms. The molecule has 4 nitrogen and oxygen atoms in total. The topological polar surface area (TPSA) is 49.4 Å². The molecule has 4 heteroatoms. The number of rotatable bonds is 4. The van der Waals surface area contributed by atoms with Gasteiger partial charge in [-0.25, -0.2) is 0 Å². The largest absolute Gasteiger partial charge is 0.342 e. The van der Waals surface area contributed by atoms with Gasteiger partial charge >= 0.3 is 0 Å². The van der Waals surface area contributed by atoms with Gasteiger partial charge in [0.05, 0.1) is 0 Å². The van der Waals surface area contributed by atoms with Gasteiger partial charge in [0.1, 0.15) is 12.1 Å². The molecule has 1 aliphatic heterocycles. The third-order valence-electron chi connectivity index (χ3n) is 3.70. The molecule has 1 saturated heterocycles. The highest BCUT2D eigenvalue weighted by Crippen LogP contribution is 2.35. The first-order valence-corrected chi connectivity index (χ1v) is 6.78. The number of carbonyl (C=O) groups excluding carboxylic acids is 2. The Morgan fingerprint density at radius 3 is 2.56 bits per heavy atom. The van der Waals surface area contributed by atoms with Gasteiger partial charge in [-0.1, -0.05) is 18.6 Å². The van der Waals surface area contributed by atoms with Crippen LogP contribution in [0.3, 0.4) is 0 Å². The number of allylic oxidation sites excluding steroid dienone is 1. The van der Waals surface area contributed by atoms with Crippen LogP contribution in [-0.4, -0.2) is 35.3 Å². The van der Waals surface area contributed by atoms with E-state index in [-0.39, 0.29) is 23.9 Å². The summed E-state index contributed by atoms with van der Waals surface area (Å²) in [5, 5.41) is 2.90. The lowest BCUT2D eigenvalue weighted by molar-refractivity contribution is -0.149. The molecule has 0 radical (unpaired) electrons. The Balaban J connectivity index is 2.15. The molecule has 1 heterocycles. The fourth-order valence-corrected chi connectivity index (χ4v) is 2.44. The highest BCUT2D eigenvalue weighted by atomic mass is 16.2. The van der Waals surface area contributed by atoms with Gasteiger partial charge in [-0.05, 0) is 39.0 Å². The first-order valence-electron chi connectivity index (χ1n) is 6.78. The van der Waals surface area contributed by atoms with E-state index in [4.69, 9.17) is 0 Å². The molecule has 0 aromatic carbocycles. The molecule has 2 amide bonds. The van der Waals surface area contributed by atoms with E-state index >= 15 is 0 Å². The van der Waals surface area contributed by atoms with Crippen molar-refractivity contribution in [2.24, 2.45) is 5.92 Å². The van der Waals surface area contributed by atoms with Gasteiger partial charge in [-0.15, -0.1) is 0 Å². The van der Waals surface area contributed by atoms with E-state index in [1.807, 2.05) is 26.8 Å². The summed E-state index contributed by atoms with van der Waals surface area (Å²) in [7, 11) is 0. The summed E-state index contributed by atoms with van der Waals surface area (Å²) in [6.45, 7) is 6.52. The van der Waals surface area contributed by atoms with Crippen molar-refractivity contribution < 1.29 is 9.59 Å². The molecule has 0 aromatic heterocycles. The highest BCUT2D eigenvalue weighted by molar-refractivity contribution is 5.97. The molecule has 2 rings (SSSR count). The second kappa shape index (κ2) is 5.12. The van der Waals surface area contributed by atoms with Crippen LogP contribution in [0.2, 0.25) is 0 Å². The van der Waals surface area contributed by atoms with Crippen LogP contribution in [0.15, 0.2) is 11.6 Å². The predicted molar refractivity (Wildman–Crippen MR) is 69.9 cm³/mol.